The van der Waals surface area contributed by atoms with E-state index in [4.69, 9.17) is 0 Å². The lowest BCUT2D eigenvalue weighted by Crippen LogP contribution is -2.02. The first-order chi connectivity index (χ1) is 15.0. The van der Waals surface area contributed by atoms with Crippen molar-refractivity contribution in [2.24, 2.45) is 0 Å². The molecule has 5 rings (SSSR count). The monoisotopic (exact) mass is 427 g/mol. The van der Waals surface area contributed by atoms with Crippen LogP contribution >= 0.6 is 7.60 Å². The number of aryl methyl sites for hydroxylation is 1. The standard InChI is InChI=1S/C26H22NO3P/c1-2-18-7-16-26-24(17-18)23-5-3-4-6-25(23)27(26)21-12-8-19(9-13-21)20-10-14-22(15-11-20)31(28,29)30/h3-17H,2H2,1H3,(H2,28,29,30). The van der Waals surface area contributed by atoms with Gasteiger partial charge in [0.2, 0.25) is 0 Å². The molecule has 0 amide bonds. The summed E-state index contributed by atoms with van der Waals surface area (Å²) >= 11 is 0. The molecule has 0 atom stereocenters. The Bertz CT molecular complexity index is 1440. The quantitative estimate of drug-likeness (QED) is 0.356. The van der Waals surface area contributed by atoms with E-state index < -0.39 is 7.60 Å². The first-order valence-electron chi connectivity index (χ1n) is 10.2. The van der Waals surface area contributed by atoms with Crippen molar-refractivity contribution in [1.82, 2.24) is 4.57 Å². The first-order valence-corrected chi connectivity index (χ1v) is 11.9. The highest BCUT2D eigenvalue weighted by Gasteiger charge is 2.16. The van der Waals surface area contributed by atoms with Crippen LogP contribution < -0.4 is 5.30 Å². The molecule has 1 aromatic heterocycles. The number of nitrogens with zero attached hydrogens (tertiary/aromatic N) is 1. The Morgan fingerprint density at radius 2 is 1.35 bits per heavy atom. The van der Waals surface area contributed by atoms with Gasteiger partial charge in [0, 0.05) is 16.5 Å². The lowest BCUT2D eigenvalue weighted by Gasteiger charge is -2.10. The van der Waals surface area contributed by atoms with E-state index in [1.807, 2.05) is 12.1 Å². The summed E-state index contributed by atoms with van der Waals surface area (Å²) in [4.78, 5) is 18.6. The van der Waals surface area contributed by atoms with Crippen LogP contribution in [0.1, 0.15) is 12.5 Å². The average molecular weight is 427 g/mol. The zero-order valence-electron chi connectivity index (χ0n) is 17.1. The van der Waals surface area contributed by atoms with Crippen molar-refractivity contribution in [3.63, 3.8) is 0 Å². The van der Waals surface area contributed by atoms with E-state index in [9.17, 15) is 14.4 Å². The Balaban J connectivity index is 1.60. The second kappa shape index (κ2) is 7.51. The Labute approximate surface area is 180 Å². The van der Waals surface area contributed by atoms with Gasteiger partial charge < -0.3 is 14.4 Å². The van der Waals surface area contributed by atoms with Crippen molar-refractivity contribution < 1.29 is 14.4 Å². The van der Waals surface area contributed by atoms with Gasteiger partial charge >= 0.3 is 7.60 Å². The predicted octanol–water partition coefficient (Wildman–Crippen LogP) is 5.82. The Morgan fingerprint density at radius 3 is 2.00 bits per heavy atom. The maximum absolute atomic E-state index is 11.4. The SMILES string of the molecule is CCc1ccc2c(c1)c1ccccc1n2-c1ccc(-c2ccc(P(=O)(O)O)cc2)cc1. The van der Waals surface area contributed by atoms with E-state index in [0.717, 1.165) is 23.2 Å². The summed E-state index contributed by atoms with van der Waals surface area (Å²) in [6.07, 6.45) is 1.00. The van der Waals surface area contributed by atoms with Gasteiger partial charge in [-0.15, -0.1) is 0 Å². The van der Waals surface area contributed by atoms with Crippen LogP contribution in [0.4, 0.5) is 0 Å². The van der Waals surface area contributed by atoms with Crippen molar-refractivity contribution in [2.75, 3.05) is 0 Å². The molecular weight excluding hydrogens is 405 g/mol. The Morgan fingerprint density at radius 1 is 0.742 bits per heavy atom. The fourth-order valence-electron chi connectivity index (χ4n) is 4.17. The van der Waals surface area contributed by atoms with Gasteiger partial charge in [0.15, 0.2) is 0 Å². The number of fused-ring (bicyclic) bond motifs is 3. The third-order valence-electron chi connectivity index (χ3n) is 5.81. The second-order valence-electron chi connectivity index (χ2n) is 7.70. The van der Waals surface area contributed by atoms with Gasteiger partial charge in [-0.3, -0.25) is 4.57 Å². The number of hydrogen-bond donors (Lipinski definition) is 2. The zero-order chi connectivity index (χ0) is 21.6. The largest absolute Gasteiger partial charge is 0.356 e. The highest BCUT2D eigenvalue weighted by Crippen LogP contribution is 2.35. The number of hydrogen-bond acceptors (Lipinski definition) is 1. The maximum Gasteiger partial charge on any atom is 0.356 e. The summed E-state index contributed by atoms with van der Waals surface area (Å²) in [6.45, 7) is 2.17. The van der Waals surface area contributed by atoms with Crippen LogP contribution in [0.2, 0.25) is 0 Å². The fraction of sp³-hybridized carbons (Fsp3) is 0.0769. The van der Waals surface area contributed by atoms with E-state index in [1.54, 1.807) is 12.1 Å². The zero-order valence-corrected chi connectivity index (χ0v) is 18.0. The molecule has 0 bridgehead atoms. The third kappa shape index (κ3) is 3.49. The molecule has 0 saturated carbocycles. The molecule has 0 saturated heterocycles. The van der Waals surface area contributed by atoms with E-state index in [1.165, 1.54) is 39.5 Å². The van der Waals surface area contributed by atoms with Crippen LogP contribution in [-0.4, -0.2) is 14.4 Å². The molecule has 4 nitrogen and oxygen atoms in total. The summed E-state index contributed by atoms with van der Waals surface area (Å²) in [5.74, 6) is 0. The predicted molar refractivity (Wildman–Crippen MR) is 127 cm³/mol. The third-order valence-corrected chi connectivity index (χ3v) is 6.78. The fourth-order valence-corrected chi connectivity index (χ4v) is 4.71. The van der Waals surface area contributed by atoms with Crippen LogP contribution in [0.3, 0.4) is 0 Å². The van der Waals surface area contributed by atoms with Gasteiger partial charge in [-0.25, -0.2) is 0 Å². The number of para-hydroxylation sites is 1. The Kier molecular flexibility index (Phi) is 4.79. The summed E-state index contributed by atoms with van der Waals surface area (Å²) in [5, 5.41) is 2.53. The van der Waals surface area contributed by atoms with E-state index >= 15 is 0 Å². The lowest BCUT2D eigenvalue weighted by atomic mass is 10.1. The summed E-state index contributed by atoms with van der Waals surface area (Å²) < 4.78 is 13.7. The minimum atomic E-state index is -4.23. The van der Waals surface area contributed by atoms with Gasteiger partial charge in [-0.1, -0.05) is 55.5 Å². The highest BCUT2D eigenvalue weighted by atomic mass is 31.2. The first kappa shape index (κ1) is 19.8. The van der Waals surface area contributed by atoms with E-state index in [-0.39, 0.29) is 5.30 Å². The van der Waals surface area contributed by atoms with Gasteiger partial charge in [0.25, 0.3) is 0 Å². The molecule has 0 unspecified atom stereocenters. The van der Waals surface area contributed by atoms with Crippen molar-refractivity contribution >= 4 is 34.7 Å². The Hall–Kier alpha value is -3.17. The highest BCUT2D eigenvalue weighted by molar-refractivity contribution is 7.60. The molecule has 1 heterocycles. The number of benzene rings is 4. The molecule has 0 radical (unpaired) electrons. The summed E-state index contributed by atoms with van der Waals surface area (Å²) in [5.41, 5.74) is 6.66. The van der Waals surface area contributed by atoms with Crippen molar-refractivity contribution in [3.05, 3.63) is 96.6 Å². The molecule has 31 heavy (non-hydrogen) atoms. The lowest BCUT2D eigenvalue weighted by molar-refractivity contribution is 0.387. The molecule has 0 aliphatic carbocycles. The van der Waals surface area contributed by atoms with Crippen molar-refractivity contribution in [3.8, 4) is 16.8 Å². The van der Waals surface area contributed by atoms with Crippen LogP contribution in [-0.2, 0) is 11.0 Å². The molecule has 0 fully saturated rings. The molecule has 5 aromatic rings. The number of aromatic nitrogens is 1. The molecule has 2 N–H and O–H groups in total. The topological polar surface area (TPSA) is 62.5 Å². The van der Waals surface area contributed by atoms with E-state index in [2.05, 4.69) is 66.1 Å². The van der Waals surface area contributed by atoms with Gasteiger partial charge in [-0.05, 0) is 65.6 Å². The molecule has 0 spiro atoms. The normalized spacial score (nSPS) is 12.0. The molecule has 154 valence electrons. The maximum atomic E-state index is 11.4. The average Bonchev–Trinajstić information content (AvgIpc) is 3.12. The second-order valence-corrected chi connectivity index (χ2v) is 9.30. The van der Waals surface area contributed by atoms with Crippen LogP contribution in [0.5, 0.6) is 0 Å². The van der Waals surface area contributed by atoms with Crippen molar-refractivity contribution in [1.29, 1.82) is 0 Å². The minimum absolute atomic E-state index is 0.0320. The summed E-state index contributed by atoms with van der Waals surface area (Å²) in [6, 6.07) is 29.9. The van der Waals surface area contributed by atoms with Gasteiger partial charge in [-0.2, -0.15) is 0 Å². The van der Waals surface area contributed by atoms with Crippen LogP contribution in [0.25, 0.3) is 38.6 Å². The smallest absolute Gasteiger partial charge is 0.321 e. The molecule has 0 aliphatic heterocycles. The van der Waals surface area contributed by atoms with Crippen LogP contribution in [0.15, 0.2) is 91.0 Å². The van der Waals surface area contributed by atoms with Gasteiger partial charge in [0.05, 0.1) is 16.3 Å². The molecule has 4 aromatic carbocycles. The van der Waals surface area contributed by atoms with Crippen LogP contribution in [0, 0.1) is 0 Å². The molecule has 5 heteroatoms. The molecular formula is C26H22NO3P. The molecule has 0 aliphatic rings. The number of rotatable bonds is 4. The minimum Gasteiger partial charge on any atom is -0.321 e. The van der Waals surface area contributed by atoms with Crippen molar-refractivity contribution in [2.45, 2.75) is 13.3 Å². The van der Waals surface area contributed by atoms with Gasteiger partial charge in [0.1, 0.15) is 0 Å². The van der Waals surface area contributed by atoms with E-state index in [0.29, 0.717) is 0 Å². The summed E-state index contributed by atoms with van der Waals surface area (Å²) in [7, 11) is -4.23.